The Morgan fingerprint density at radius 2 is 2.09 bits per heavy atom. The summed E-state index contributed by atoms with van der Waals surface area (Å²) in [6.07, 6.45) is 3.52. The maximum atomic E-state index is 13.1. The fourth-order valence-corrected chi connectivity index (χ4v) is 3.07. The first-order chi connectivity index (χ1) is 16.5. The van der Waals surface area contributed by atoms with Gasteiger partial charge in [0, 0.05) is 6.20 Å². The number of pyridine rings is 2. The molecule has 0 fully saturated rings. The number of hydrogen-bond donors (Lipinski definition) is 2. The molecule has 11 nitrogen and oxygen atoms in total. The van der Waals surface area contributed by atoms with Gasteiger partial charge in [-0.05, 0) is 31.2 Å². The molecule has 0 aliphatic carbocycles. The van der Waals surface area contributed by atoms with Crippen LogP contribution in [0.3, 0.4) is 0 Å². The molecule has 176 valence electrons. The van der Waals surface area contributed by atoms with Crippen LogP contribution in [0.5, 0.6) is 5.88 Å². The van der Waals surface area contributed by atoms with Crippen LogP contribution in [0.25, 0.3) is 16.9 Å². The molecule has 0 aromatic carbocycles. The zero-order chi connectivity index (χ0) is 24.1. The normalized spacial score (nSPS) is 12.9. The summed E-state index contributed by atoms with van der Waals surface area (Å²) in [7, 11) is 0. The Bertz CT molecular complexity index is 1290. The standard InChI is InChI=1S/C21H19ClFN7O4/c1-12(9-31)33-10-16(20(32)29-17-5-4-13(23)7-25-17)34-21-14-8-28-30(18(14)26-11-27-21)19-15(22)3-2-6-24-19/h2-8,11-12,16,31H,9-10H2,1H3,(H,25,29,32)/t12-,16-/m0/s1. The van der Waals surface area contributed by atoms with Crippen molar-refractivity contribution in [3.63, 3.8) is 0 Å². The summed E-state index contributed by atoms with van der Waals surface area (Å²) in [6, 6.07) is 5.83. The number of rotatable bonds is 9. The number of aromatic nitrogens is 6. The summed E-state index contributed by atoms with van der Waals surface area (Å²) in [5.41, 5.74) is 0.356. The minimum Gasteiger partial charge on any atom is -0.461 e. The number of amides is 1. The van der Waals surface area contributed by atoms with E-state index < -0.39 is 23.9 Å². The summed E-state index contributed by atoms with van der Waals surface area (Å²) in [6.45, 7) is 1.18. The highest BCUT2D eigenvalue weighted by Crippen LogP contribution is 2.26. The maximum Gasteiger partial charge on any atom is 0.269 e. The average Bonchev–Trinajstić information content (AvgIpc) is 3.28. The number of aliphatic hydroxyl groups is 1. The van der Waals surface area contributed by atoms with Gasteiger partial charge in [0.25, 0.3) is 5.91 Å². The summed E-state index contributed by atoms with van der Waals surface area (Å²) in [5, 5.41) is 16.8. The molecule has 0 aliphatic heterocycles. The Balaban J connectivity index is 1.62. The second kappa shape index (κ2) is 10.5. The van der Waals surface area contributed by atoms with E-state index in [0.717, 1.165) is 12.3 Å². The van der Waals surface area contributed by atoms with E-state index in [9.17, 15) is 14.3 Å². The Hall–Kier alpha value is -3.74. The van der Waals surface area contributed by atoms with Crippen molar-refractivity contribution < 1.29 is 23.8 Å². The molecule has 0 spiro atoms. The van der Waals surface area contributed by atoms with Crippen LogP contribution in [0, 0.1) is 5.82 Å². The highest BCUT2D eigenvalue weighted by Gasteiger charge is 2.25. The lowest BCUT2D eigenvalue weighted by molar-refractivity contribution is -0.127. The molecular weight excluding hydrogens is 469 g/mol. The lowest BCUT2D eigenvalue weighted by Crippen LogP contribution is -2.38. The minimum absolute atomic E-state index is 0.0655. The van der Waals surface area contributed by atoms with Crippen molar-refractivity contribution in [1.82, 2.24) is 29.7 Å². The summed E-state index contributed by atoms with van der Waals surface area (Å²) >= 11 is 6.24. The van der Waals surface area contributed by atoms with Gasteiger partial charge in [-0.2, -0.15) is 9.78 Å². The fourth-order valence-electron chi connectivity index (χ4n) is 2.86. The second-order valence-electron chi connectivity index (χ2n) is 7.07. The molecule has 2 N–H and O–H groups in total. The Labute approximate surface area is 197 Å². The van der Waals surface area contributed by atoms with E-state index in [1.54, 1.807) is 25.3 Å². The quantitative estimate of drug-likeness (QED) is 0.364. The van der Waals surface area contributed by atoms with Crippen LogP contribution in [0.2, 0.25) is 5.02 Å². The average molecular weight is 488 g/mol. The van der Waals surface area contributed by atoms with Crippen LogP contribution in [0.15, 0.2) is 49.2 Å². The van der Waals surface area contributed by atoms with Gasteiger partial charge in [-0.15, -0.1) is 0 Å². The molecular formula is C21H19ClFN7O4. The lowest BCUT2D eigenvalue weighted by atomic mass is 10.3. The zero-order valence-corrected chi connectivity index (χ0v) is 18.6. The minimum atomic E-state index is -1.19. The highest BCUT2D eigenvalue weighted by molar-refractivity contribution is 6.32. The second-order valence-corrected chi connectivity index (χ2v) is 7.47. The number of nitrogens with zero attached hydrogens (tertiary/aromatic N) is 6. The van der Waals surface area contributed by atoms with Gasteiger partial charge < -0.3 is 19.9 Å². The number of hydrogen-bond acceptors (Lipinski definition) is 9. The fraction of sp³-hybridized carbons (Fsp3) is 0.238. The molecule has 0 saturated carbocycles. The first-order valence-electron chi connectivity index (χ1n) is 10.1. The van der Waals surface area contributed by atoms with Crippen LogP contribution >= 0.6 is 11.6 Å². The van der Waals surface area contributed by atoms with Gasteiger partial charge in [0.2, 0.25) is 12.0 Å². The number of aliphatic hydroxyl groups excluding tert-OH is 1. The number of carbonyl (C=O) groups is 1. The first kappa shape index (κ1) is 23.4. The van der Waals surface area contributed by atoms with Crippen LogP contribution in [-0.2, 0) is 9.53 Å². The van der Waals surface area contributed by atoms with Crippen molar-refractivity contribution >= 4 is 34.4 Å². The van der Waals surface area contributed by atoms with E-state index in [1.807, 2.05) is 0 Å². The number of carbonyl (C=O) groups excluding carboxylic acids is 1. The molecule has 0 radical (unpaired) electrons. The maximum absolute atomic E-state index is 13.1. The molecule has 4 heterocycles. The van der Waals surface area contributed by atoms with Crippen LogP contribution in [0.1, 0.15) is 6.92 Å². The Morgan fingerprint density at radius 1 is 1.24 bits per heavy atom. The molecule has 13 heteroatoms. The molecule has 4 aromatic heterocycles. The van der Waals surface area contributed by atoms with Gasteiger partial charge in [0.1, 0.15) is 23.3 Å². The van der Waals surface area contributed by atoms with E-state index in [-0.39, 0.29) is 24.9 Å². The van der Waals surface area contributed by atoms with E-state index in [0.29, 0.717) is 21.9 Å². The summed E-state index contributed by atoms with van der Waals surface area (Å²) in [4.78, 5) is 29.3. The SMILES string of the molecule is C[C@@H](CO)OC[C@H](Oc1ncnc2c1cnn2-c1ncccc1Cl)C(=O)Nc1ccc(F)cn1. The van der Waals surface area contributed by atoms with Gasteiger partial charge in [-0.25, -0.2) is 24.3 Å². The summed E-state index contributed by atoms with van der Waals surface area (Å²) in [5.74, 6) is -0.604. The van der Waals surface area contributed by atoms with Gasteiger partial charge in [0.05, 0.1) is 36.7 Å². The Kier molecular flexibility index (Phi) is 7.21. The van der Waals surface area contributed by atoms with Gasteiger partial charge in [-0.1, -0.05) is 11.6 Å². The number of ether oxygens (including phenoxy) is 2. The molecule has 2 atom stereocenters. The van der Waals surface area contributed by atoms with Crippen LogP contribution < -0.4 is 10.1 Å². The molecule has 1 amide bonds. The predicted octanol–water partition coefficient (Wildman–Crippen LogP) is 2.18. The number of nitrogens with one attached hydrogen (secondary N) is 1. The monoisotopic (exact) mass is 487 g/mol. The first-order valence-corrected chi connectivity index (χ1v) is 10.4. The van der Waals surface area contributed by atoms with Crippen LogP contribution in [0.4, 0.5) is 10.2 Å². The third kappa shape index (κ3) is 5.25. The number of fused-ring (bicyclic) bond motifs is 1. The van der Waals surface area contributed by atoms with Gasteiger partial charge >= 0.3 is 0 Å². The lowest BCUT2D eigenvalue weighted by Gasteiger charge is -2.20. The smallest absolute Gasteiger partial charge is 0.269 e. The third-order valence-corrected chi connectivity index (χ3v) is 4.88. The molecule has 34 heavy (non-hydrogen) atoms. The molecule has 0 unspecified atom stereocenters. The van der Waals surface area contributed by atoms with Crippen molar-refractivity contribution in [2.24, 2.45) is 0 Å². The van der Waals surface area contributed by atoms with E-state index in [2.05, 4.69) is 30.4 Å². The molecule has 4 rings (SSSR count). The van der Waals surface area contributed by atoms with Crippen molar-refractivity contribution in [2.45, 2.75) is 19.1 Å². The molecule has 0 aliphatic rings. The van der Waals surface area contributed by atoms with E-state index in [1.165, 1.54) is 23.3 Å². The molecule has 0 bridgehead atoms. The van der Waals surface area contributed by atoms with Gasteiger partial charge in [-0.3, -0.25) is 4.79 Å². The van der Waals surface area contributed by atoms with E-state index in [4.69, 9.17) is 21.1 Å². The Morgan fingerprint density at radius 3 is 2.82 bits per heavy atom. The van der Waals surface area contributed by atoms with Crippen molar-refractivity contribution in [1.29, 1.82) is 0 Å². The van der Waals surface area contributed by atoms with Crippen LogP contribution in [-0.4, -0.2) is 66.2 Å². The van der Waals surface area contributed by atoms with Gasteiger partial charge in [0.15, 0.2) is 11.5 Å². The van der Waals surface area contributed by atoms with Crippen molar-refractivity contribution in [2.75, 3.05) is 18.5 Å². The predicted molar refractivity (Wildman–Crippen MR) is 119 cm³/mol. The van der Waals surface area contributed by atoms with Crippen molar-refractivity contribution in [3.05, 3.63) is 60.0 Å². The molecule has 4 aromatic rings. The summed E-state index contributed by atoms with van der Waals surface area (Å²) < 4.78 is 25.9. The zero-order valence-electron chi connectivity index (χ0n) is 17.8. The third-order valence-electron chi connectivity index (χ3n) is 4.58. The number of halogens is 2. The molecule has 0 saturated heterocycles. The highest BCUT2D eigenvalue weighted by atomic mass is 35.5. The van der Waals surface area contributed by atoms with E-state index >= 15 is 0 Å². The number of anilines is 1. The van der Waals surface area contributed by atoms with Crippen molar-refractivity contribution in [3.8, 4) is 11.7 Å². The topological polar surface area (TPSA) is 137 Å². The largest absolute Gasteiger partial charge is 0.461 e.